The lowest BCUT2D eigenvalue weighted by Gasteiger charge is -2.22. The van der Waals surface area contributed by atoms with Crippen LogP contribution in [0.15, 0.2) is 0 Å². The first-order valence-electron chi connectivity index (χ1n) is 5.95. The highest BCUT2D eigenvalue weighted by Gasteiger charge is 2.11. The lowest BCUT2D eigenvalue weighted by atomic mass is 10.5. The minimum absolute atomic E-state index is 0.0370. The first kappa shape index (κ1) is 17.1. The number of urea groups is 1. The summed E-state index contributed by atoms with van der Waals surface area (Å²) in [6.07, 6.45) is 0. The van der Waals surface area contributed by atoms with Crippen molar-refractivity contribution in [2.75, 3.05) is 59.3 Å². The predicted octanol–water partition coefficient (Wildman–Crippen LogP) is -1.15. The molecule has 2 amide bonds. The summed E-state index contributed by atoms with van der Waals surface area (Å²) in [6.45, 7) is 5.81. The van der Waals surface area contributed by atoms with Gasteiger partial charge in [0.15, 0.2) is 0 Å². The molecule has 0 aromatic carbocycles. The average molecular weight is 263 g/mol. The summed E-state index contributed by atoms with van der Waals surface area (Å²) in [5, 5.41) is 19.7. The summed E-state index contributed by atoms with van der Waals surface area (Å²) in [6, 6.07) is -0.231. The molecule has 7 nitrogen and oxygen atoms in total. The van der Waals surface area contributed by atoms with Crippen molar-refractivity contribution < 1.29 is 24.5 Å². The molecule has 0 atom stereocenters. The van der Waals surface area contributed by atoms with Gasteiger partial charge in [-0.05, 0) is 6.92 Å². The van der Waals surface area contributed by atoms with Gasteiger partial charge >= 0.3 is 6.03 Å². The zero-order valence-electron chi connectivity index (χ0n) is 10.6. The summed E-state index contributed by atoms with van der Waals surface area (Å²) in [5.41, 5.74) is 0. The van der Waals surface area contributed by atoms with Gasteiger partial charge in [-0.1, -0.05) is 0 Å². The number of aliphatic hydroxyl groups is 2. The standard InChI is InChI=1S/C11H23N2O5/c1-2-12-11(16)13(3-7-17-9-5-14)4-8-18-10-6-15/h14-15H,1-10H2,(H,12,16). The SMILES string of the molecule is [CH2]CNC(=O)N(CCOCCO)CCOCCO. The molecular formula is C11H23N2O5. The van der Waals surface area contributed by atoms with Crippen molar-refractivity contribution in [1.29, 1.82) is 0 Å². The summed E-state index contributed by atoms with van der Waals surface area (Å²) in [4.78, 5) is 13.2. The molecule has 0 aromatic heterocycles. The van der Waals surface area contributed by atoms with E-state index in [0.717, 1.165) is 0 Å². The maximum atomic E-state index is 11.6. The van der Waals surface area contributed by atoms with Gasteiger partial charge in [-0.25, -0.2) is 4.79 Å². The van der Waals surface area contributed by atoms with Crippen molar-refractivity contribution in [2.45, 2.75) is 0 Å². The van der Waals surface area contributed by atoms with Crippen LogP contribution in [0, 0.1) is 6.92 Å². The molecule has 7 heteroatoms. The largest absolute Gasteiger partial charge is 0.394 e. The van der Waals surface area contributed by atoms with E-state index in [1.54, 1.807) is 4.90 Å². The van der Waals surface area contributed by atoms with Gasteiger partial charge in [0.2, 0.25) is 0 Å². The third-order valence-corrected chi connectivity index (χ3v) is 2.05. The van der Waals surface area contributed by atoms with Crippen molar-refractivity contribution in [3.63, 3.8) is 0 Å². The monoisotopic (exact) mass is 263 g/mol. The van der Waals surface area contributed by atoms with Crippen molar-refractivity contribution in [1.82, 2.24) is 10.2 Å². The second-order valence-corrected chi connectivity index (χ2v) is 3.39. The molecule has 3 N–H and O–H groups in total. The van der Waals surface area contributed by atoms with Gasteiger partial charge in [0.05, 0.1) is 39.6 Å². The Hall–Kier alpha value is -0.890. The molecule has 0 saturated heterocycles. The van der Waals surface area contributed by atoms with E-state index < -0.39 is 0 Å². The number of amides is 2. The lowest BCUT2D eigenvalue weighted by molar-refractivity contribution is 0.0591. The first-order chi connectivity index (χ1) is 8.76. The van der Waals surface area contributed by atoms with Gasteiger partial charge in [0.25, 0.3) is 0 Å². The Morgan fingerprint density at radius 3 is 1.94 bits per heavy atom. The Morgan fingerprint density at radius 1 is 1.06 bits per heavy atom. The van der Waals surface area contributed by atoms with Crippen LogP contribution in [-0.2, 0) is 9.47 Å². The number of carbonyl (C=O) groups excluding carboxylic acids is 1. The minimum atomic E-state index is -0.231. The second-order valence-electron chi connectivity index (χ2n) is 3.39. The number of aliphatic hydroxyl groups excluding tert-OH is 2. The third-order valence-electron chi connectivity index (χ3n) is 2.05. The first-order valence-corrected chi connectivity index (χ1v) is 5.95. The van der Waals surface area contributed by atoms with E-state index >= 15 is 0 Å². The van der Waals surface area contributed by atoms with Crippen LogP contribution in [0.3, 0.4) is 0 Å². The van der Waals surface area contributed by atoms with Crippen molar-refractivity contribution in [2.24, 2.45) is 0 Å². The molecule has 0 fully saturated rings. The Balaban J connectivity index is 3.88. The number of carbonyl (C=O) groups is 1. The molecule has 0 bridgehead atoms. The van der Waals surface area contributed by atoms with Crippen LogP contribution in [0.2, 0.25) is 0 Å². The number of nitrogens with one attached hydrogen (secondary N) is 1. The van der Waals surface area contributed by atoms with Gasteiger partial charge < -0.3 is 29.9 Å². The van der Waals surface area contributed by atoms with Gasteiger partial charge in [0, 0.05) is 19.6 Å². The van der Waals surface area contributed by atoms with Crippen LogP contribution in [-0.4, -0.2) is 80.4 Å². The number of hydrogen-bond acceptors (Lipinski definition) is 5. The van der Waals surface area contributed by atoms with E-state index in [1.807, 2.05) is 0 Å². The molecule has 0 spiro atoms. The fourth-order valence-electron chi connectivity index (χ4n) is 1.22. The fourth-order valence-corrected chi connectivity index (χ4v) is 1.22. The molecule has 0 rings (SSSR count). The maximum absolute atomic E-state index is 11.6. The number of nitrogens with zero attached hydrogens (tertiary/aromatic N) is 1. The van der Waals surface area contributed by atoms with Crippen LogP contribution >= 0.6 is 0 Å². The quantitative estimate of drug-likeness (QED) is 0.409. The van der Waals surface area contributed by atoms with E-state index in [1.165, 1.54) is 0 Å². The smallest absolute Gasteiger partial charge is 0.317 e. The van der Waals surface area contributed by atoms with E-state index in [0.29, 0.717) is 32.8 Å². The van der Waals surface area contributed by atoms with Crippen LogP contribution in [0.5, 0.6) is 0 Å². The third kappa shape index (κ3) is 9.17. The molecule has 0 aliphatic rings. The number of hydrogen-bond donors (Lipinski definition) is 3. The highest BCUT2D eigenvalue weighted by Crippen LogP contribution is 1.91. The van der Waals surface area contributed by atoms with Gasteiger partial charge in [0.1, 0.15) is 0 Å². The topological polar surface area (TPSA) is 91.3 Å². The van der Waals surface area contributed by atoms with Crippen molar-refractivity contribution in [3.8, 4) is 0 Å². The Bertz CT molecular complexity index is 192. The Labute approximate surface area is 108 Å². The molecule has 1 radical (unpaired) electrons. The van der Waals surface area contributed by atoms with Crippen molar-refractivity contribution >= 4 is 6.03 Å². The van der Waals surface area contributed by atoms with Crippen LogP contribution in [0.25, 0.3) is 0 Å². The molecule has 0 aliphatic heterocycles. The predicted molar refractivity (Wildman–Crippen MR) is 66.1 cm³/mol. The Kier molecular flexibility index (Phi) is 11.9. The zero-order valence-corrected chi connectivity index (χ0v) is 10.6. The molecule has 0 unspecified atom stereocenters. The van der Waals surface area contributed by atoms with E-state index in [4.69, 9.17) is 19.7 Å². The van der Waals surface area contributed by atoms with E-state index in [-0.39, 0.29) is 32.5 Å². The van der Waals surface area contributed by atoms with Crippen LogP contribution in [0.1, 0.15) is 0 Å². The van der Waals surface area contributed by atoms with Gasteiger partial charge in [-0.15, -0.1) is 0 Å². The number of ether oxygens (including phenoxy) is 2. The Morgan fingerprint density at radius 2 is 1.56 bits per heavy atom. The number of rotatable bonds is 11. The maximum Gasteiger partial charge on any atom is 0.317 e. The molecule has 0 heterocycles. The molecule has 0 aromatic rings. The molecule has 107 valence electrons. The van der Waals surface area contributed by atoms with E-state index in [9.17, 15) is 4.79 Å². The van der Waals surface area contributed by atoms with Crippen molar-refractivity contribution in [3.05, 3.63) is 6.92 Å². The summed E-state index contributed by atoms with van der Waals surface area (Å²) >= 11 is 0. The van der Waals surface area contributed by atoms with Gasteiger partial charge in [-0.3, -0.25) is 0 Å². The zero-order chi connectivity index (χ0) is 13.6. The van der Waals surface area contributed by atoms with Crippen LogP contribution < -0.4 is 5.32 Å². The summed E-state index contributed by atoms with van der Waals surface area (Å²) in [7, 11) is 0. The van der Waals surface area contributed by atoms with Crippen LogP contribution in [0.4, 0.5) is 4.79 Å². The molecule has 0 aliphatic carbocycles. The summed E-state index contributed by atoms with van der Waals surface area (Å²) in [5.74, 6) is 0. The molecule has 0 saturated carbocycles. The average Bonchev–Trinajstić information content (AvgIpc) is 2.37. The molecular weight excluding hydrogens is 240 g/mol. The normalized spacial score (nSPS) is 10.4. The molecule has 18 heavy (non-hydrogen) atoms. The highest BCUT2D eigenvalue weighted by molar-refractivity contribution is 5.74. The minimum Gasteiger partial charge on any atom is -0.394 e. The lowest BCUT2D eigenvalue weighted by Crippen LogP contribution is -2.43. The fraction of sp³-hybridized carbons (Fsp3) is 0.818. The highest BCUT2D eigenvalue weighted by atomic mass is 16.5. The second kappa shape index (κ2) is 12.6. The van der Waals surface area contributed by atoms with E-state index in [2.05, 4.69) is 12.2 Å². The van der Waals surface area contributed by atoms with Gasteiger partial charge in [-0.2, -0.15) is 0 Å². The summed E-state index contributed by atoms with van der Waals surface area (Å²) < 4.78 is 10.2.